The van der Waals surface area contributed by atoms with Crippen LogP contribution in [0.2, 0.25) is 0 Å². The highest BCUT2D eigenvalue weighted by Crippen LogP contribution is 2.31. The molecule has 2 fully saturated rings. The van der Waals surface area contributed by atoms with E-state index in [0.29, 0.717) is 6.42 Å². The van der Waals surface area contributed by atoms with E-state index in [-0.39, 0.29) is 37.3 Å². The third-order valence-corrected chi connectivity index (χ3v) is 7.80. The van der Waals surface area contributed by atoms with E-state index in [1.165, 1.54) is 28.2 Å². The Labute approximate surface area is 216 Å². The Balaban J connectivity index is 1.23. The van der Waals surface area contributed by atoms with Crippen molar-refractivity contribution >= 4 is 23.8 Å². The number of carbonyl (C=O) groups is 2. The van der Waals surface area contributed by atoms with Crippen molar-refractivity contribution in [2.45, 2.75) is 49.5 Å². The fraction of sp³-hybridized carbons (Fsp3) is 0.345. The summed E-state index contributed by atoms with van der Waals surface area (Å²) in [6.45, 7) is 2.58. The number of aromatic nitrogens is 1. The van der Waals surface area contributed by atoms with E-state index in [9.17, 15) is 9.59 Å². The van der Waals surface area contributed by atoms with Gasteiger partial charge in [-0.15, -0.1) is 0 Å². The Morgan fingerprint density at radius 2 is 1.69 bits per heavy atom. The van der Waals surface area contributed by atoms with Gasteiger partial charge in [-0.3, -0.25) is 19.5 Å². The van der Waals surface area contributed by atoms with Gasteiger partial charge in [-0.05, 0) is 84.7 Å². The van der Waals surface area contributed by atoms with Crippen molar-refractivity contribution < 1.29 is 14.3 Å². The monoisotopic (exact) mass is 501 g/mol. The molecule has 3 heterocycles. The smallest absolute Gasteiger partial charge is 0.230 e. The summed E-state index contributed by atoms with van der Waals surface area (Å²) in [6, 6.07) is 20.3. The third-order valence-electron chi connectivity index (χ3n) is 6.71. The lowest BCUT2D eigenvalue weighted by molar-refractivity contribution is -0.142. The molecular formula is C29H31N3O3S. The second kappa shape index (κ2) is 11.7. The Morgan fingerprint density at radius 3 is 2.42 bits per heavy atom. The van der Waals surface area contributed by atoms with Gasteiger partial charge < -0.3 is 4.74 Å². The van der Waals surface area contributed by atoms with Crippen LogP contribution in [0.3, 0.4) is 0 Å². The van der Waals surface area contributed by atoms with Crippen LogP contribution in [0.4, 0.5) is 0 Å². The molecule has 0 N–H and O–H groups in total. The molecule has 7 heteroatoms. The molecule has 36 heavy (non-hydrogen) atoms. The summed E-state index contributed by atoms with van der Waals surface area (Å²) < 4.78 is 8.52. The normalized spacial score (nSPS) is 17.1. The second-order valence-electron chi connectivity index (χ2n) is 9.30. The molecule has 5 rings (SSSR count). The number of pyridine rings is 1. The summed E-state index contributed by atoms with van der Waals surface area (Å²) >= 11 is 1.83. The van der Waals surface area contributed by atoms with Gasteiger partial charge in [0.05, 0.1) is 6.04 Å². The van der Waals surface area contributed by atoms with E-state index < -0.39 is 0 Å². The number of aryl methyl sites for hydroxylation is 1. The molecule has 0 bridgehead atoms. The number of nitrogens with zero attached hydrogens (tertiary/aromatic N) is 3. The van der Waals surface area contributed by atoms with Crippen molar-refractivity contribution in [1.29, 1.82) is 0 Å². The van der Waals surface area contributed by atoms with Gasteiger partial charge in [-0.1, -0.05) is 30.3 Å². The van der Waals surface area contributed by atoms with Gasteiger partial charge in [0.1, 0.15) is 12.4 Å². The summed E-state index contributed by atoms with van der Waals surface area (Å²) in [5, 5.41) is 0. The van der Waals surface area contributed by atoms with Gasteiger partial charge in [-0.25, -0.2) is 4.31 Å². The second-order valence-corrected chi connectivity index (χ2v) is 10.5. The first kappa shape index (κ1) is 24.5. The minimum absolute atomic E-state index is 0.109. The van der Waals surface area contributed by atoms with Gasteiger partial charge in [0.15, 0.2) is 0 Å². The maximum Gasteiger partial charge on any atom is 0.230 e. The predicted molar refractivity (Wildman–Crippen MR) is 141 cm³/mol. The molecule has 0 saturated carbocycles. The first-order chi connectivity index (χ1) is 17.7. The topological polar surface area (TPSA) is 62.7 Å². The van der Waals surface area contributed by atoms with Crippen molar-refractivity contribution in [1.82, 2.24) is 14.2 Å². The summed E-state index contributed by atoms with van der Waals surface area (Å²) in [7, 11) is 0. The van der Waals surface area contributed by atoms with Crippen LogP contribution in [0.15, 0.2) is 78.0 Å². The first-order valence-electron chi connectivity index (χ1n) is 12.7. The van der Waals surface area contributed by atoms with Crippen LogP contribution in [-0.4, -0.2) is 51.7 Å². The highest BCUT2D eigenvalue weighted by atomic mass is 32.2. The standard InChI is InChI=1S/C29H31N3O3S/c33-28-14-15-29(34)32(28)25(11-8-22-5-4-16-30-20-22)21-35-26-12-9-23(10-13-26)24-6-3-7-27(19-24)36-31-17-1-2-18-31/h3-7,9-10,12-13,16,19-20,25H,1-2,8,11,14-15,17-18,21H2. The highest BCUT2D eigenvalue weighted by molar-refractivity contribution is 7.97. The molecule has 1 atom stereocenters. The molecule has 186 valence electrons. The minimum Gasteiger partial charge on any atom is -0.491 e. The SMILES string of the molecule is O=C1CCC(=O)N1C(CCc1cccnc1)COc1ccc(-c2cccc(SN3CCCC3)c2)cc1. The Morgan fingerprint density at radius 1 is 0.917 bits per heavy atom. The zero-order chi connectivity index (χ0) is 24.7. The van der Waals surface area contributed by atoms with E-state index in [0.717, 1.165) is 36.4 Å². The van der Waals surface area contributed by atoms with E-state index in [4.69, 9.17) is 4.74 Å². The van der Waals surface area contributed by atoms with Gasteiger partial charge in [0, 0.05) is 43.2 Å². The molecule has 0 radical (unpaired) electrons. The molecule has 2 aromatic carbocycles. The van der Waals surface area contributed by atoms with E-state index in [1.807, 2.05) is 42.4 Å². The van der Waals surface area contributed by atoms with Crippen LogP contribution in [0.5, 0.6) is 5.75 Å². The number of imide groups is 1. The maximum atomic E-state index is 12.4. The first-order valence-corrected chi connectivity index (χ1v) is 13.4. The van der Waals surface area contributed by atoms with E-state index >= 15 is 0 Å². The zero-order valence-electron chi connectivity index (χ0n) is 20.3. The summed E-state index contributed by atoms with van der Waals surface area (Å²) in [5.74, 6) is 0.510. The molecule has 2 saturated heterocycles. The molecule has 0 spiro atoms. The van der Waals surface area contributed by atoms with Gasteiger partial charge in [-0.2, -0.15) is 0 Å². The molecule has 6 nitrogen and oxygen atoms in total. The van der Waals surface area contributed by atoms with E-state index in [1.54, 1.807) is 6.20 Å². The Kier molecular flexibility index (Phi) is 7.98. The number of ether oxygens (including phenoxy) is 1. The number of amides is 2. The average molecular weight is 502 g/mol. The van der Waals surface area contributed by atoms with Crippen molar-refractivity contribution in [2.24, 2.45) is 0 Å². The lowest BCUT2D eigenvalue weighted by atomic mass is 10.1. The van der Waals surface area contributed by atoms with Crippen molar-refractivity contribution in [2.75, 3.05) is 19.7 Å². The Hall–Kier alpha value is -3.16. The Bertz CT molecular complexity index is 1160. The average Bonchev–Trinajstić information content (AvgIpc) is 3.54. The van der Waals surface area contributed by atoms with Crippen LogP contribution in [-0.2, 0) is 16.0 Å². The lowest BCUT2D eigenvalue weighted by Crippen LogP contribution is -2.43. The number of likely N-dealkylation sites (tertiary alicyclic amines) is 1. The third kappa shape index (κ3) is 6.15. The summed E-state index contributed by atoms with van der Waals surface area (Å²) in [4.78, 5) is 31.7. The van der Waals surface area contributed by atoms with Crippen LogP contribution in [0.25, 0.3) is 11.1 Å². The number of benzene rings is 2. The largest absolute Gasteiger partial charge is 0.491 e. The lowest BCUT2D eigenvalue weighted by Gasteiger charge is -2.26. The fourth-order valence-electron chi connectivity index (χ4n) is 4.76. The summed E-state index contributed by atoms with van der Waals surface area (Å²) in [5.41, 5.74) is 3.38. The highest BCUT2D eigenvalue weighted by Gasteiger charge is 2.35. The van der Waals surface area contributed by atoms with Crippen LogP contribution in [0.1, 0.15) is 37.7 Å². The maximum absolute atomic E-state index is 12.4. The zero-order valence-corrected chi connectivity index (χ0v) is 21.2. The van der Waals surface area contributed by atoms with Gasteiger partial charge in [0.25, 0.3) is 0 Å². The molecule has 3 aromatic rings. The summed E-state index contributed by atoms with van der Waals surface area (Å²) in [6.07, 6.45) is 8.05. The number of hydrogen-bond acceptors (Lipinski definition) is 6. The number of hydrogen-bond donors (Lipinski definition) is 0. The van der Waals surface area contributed by atoms with Crippen LogP contribution in [0, 0.1) is 0 Å². The van der Waals surface area contributed by atoms with Crippen molar-refractivity contribution in [3.8, 4) is 16.9 Å². The van der Waals surface area contributed by atoms with Crippen molar-refractivity contribution in [3.05, 3.63) is 78.6 Å². The van der Waals surface area contributed by atoms with Gasteiger partial charge in [0.2, 0.25) is 11.8 Å². The van der Waals surface area contributed by atoms with Crippen LogP contribution < -0.4 is 4.74 Å². The minimum atomic E-state index is -0.299. The predicted octanol–water partition coefficient (Wildman–Crippen LogP) is 5.38. The molecular weight excluding hydrogens is 470 g/mol. The molecule has 2 amide bonds. The molecule has 2 aliphatic rings. The number of carbonyl (C=O) groups excluding carboxylic acids is 2. The quantitative estimate of drug-likeness (QED) is 0.275. The van der Waals surface area contributed by atoms with Gasteiger partial charge >= 0.3 is 0 Å². The molecule has 2 aliphatic heterocycles. The van der Waals surface area contributed by atoms with E-state index in [2.05, 4.69) is 45.7 Å². The number of rotatable bonds is 10. The van der Waals surface area contributed by atoms with Crippen molar-refractivity contribution in [3.63, 3.8) is 0 Å². The van der Waals surface area contributed by atoms with Crippen LogP contribution >= 0.6 is 11.9 Å². The molecule has 0 aliphatic carbocycles. The fourth-order valence-corrected chi connectivity index (χ4v) is 5.82. The molecule has 1 aromatic heterocycles. The molecule has 1 unspecified atom stereocenters.